The van der Waals surface area contributed by atoms with Crippen LogP contribution >= 0.6 is 0 Å². The summed E-state index contributed by atoms with van der Waals surface area (Å²) in [5.41, 5.74) is 1.84. The van der Waals surface area contributed by atoms with Crippen LogP contribution in [0.4, 0.5) is 0 Å². The Hall–Kier alpha value is -3.02. The fourth-order valence-corrected chi connectivity index (χ4v) is 2.63. The fourth-order valence-electron chi connectivity index (χ4n) is 2.63. The highest BCUT2D eigenvalue weighted by Gasteiger charge is 2.34. The number of nitrogens with one attached hydrogen (secondary N) is 1. The SMILES string of the molecule is O=C(CCCN1C(=O)c2ccccc2C1=O)NCc1ccncc1. The first-order valence-corrected chi connectivity index (χ1v) is 7.77. The van der Waals surface area contributed by atoms with Gasteiger partial charge in [-0.05, 0) is 36.2 Å². The van der Waals surface area contributed by atoms with E-state index in [9.17, 15) is 14.4 Å². The molecule has 0 saturated carbocycles. The highest BCUT2D eigenvalue weighted by Crippen LogP contribution is 2.22. The molecule has 1 aliphatic heterocycles. The Morgan fingerprint density at radius 2 is 1.62 bits per heavy atom. The summed E-state index contributed by atoms with van der Waals surface area (Å²) >= 11 is 0. The van der Waals surface area contributed by atoms with Crippen LogP contribution < -0.4 is 5.32 Å². The number of carbonyl (C=O) groups is 3. The zero-order chi connectivity index (χ0) is 16.9. The van der Waals surface area contributed by atoms with Crippen molar-refractivity contribution in [1.29, 1.82) is 0 Å². The molecule has 2 aromatic rings. The number of rotatable bonds is 6. The standard InChI is InChI=1S/C18H17N3O3/c22-16(20-12-13-7-9-19-10-8-13)6-3-11-21-17(23)14-4-1-2-5-15(14)18(21)24/h1-2,4-5,7-10H,3,6,11-12H2,(H,20,22). The molecular weight excluding hydrogens is 306 g/mol. The molecule has 0 bridgehead atoms. The van der Waals surface area contributed by atoms with E-state index in [1.54, 1.807) is 36.7 Å². The Labute approximate surface area is 139 Å². The molecule has 2 heterocycles. The van der Waals surface area contributed by atoms with E-state index >= 15 is 0 Å². The maximum atomic E-state index is 12.2. The summed E-state index contributed by atoms with van der Waals surface area (Å²) in [7, 11) is 0. The lowest BCUT2D eigenvalue weighted by Gasteiger charge is -2.13. The summed E-state index contributed by atoms with van der Waals surface area (Å²) < 4.78 is 0. The number of amides is 3. The molecule has 6 nitrogen and oxygen atoms in total. The number of hydrogen-bond donors (Lipinski definition) is 1. The third kappa shape index (κ3) is 3.32. The van der Waals surface area contributed by atoms with E-state index in [0.29, 0.717) is 24.1 Å². The lowest BCUT2D eigenvalue weighted by molar-refractivity contribution is -0.121. The molecule has 0 spiro atoms. The number of pyridine rings is 1. The Kier molecular flexibility index (Phi) is 4.65. The first kappa shape index (κ1) is 15.9. The zero-order valence-corrected chi connectivity index (χ0v) is 13.1. The monoisotopic (exact) mass is 323 g/mol. The highest BCUT2D eigenvalue weighted by atomic mass is 16.2. The molecule has 3 rings (SSSR count). The average molecular weight is 323 g/mol. The molecule has 0 radical (unpaired) electrons. The van der Waals surface area contributed by atoms with Gasteiger partial charge in [0.25, 0.3) is 11.8 Å². The number of hydrogen-bond acceptors (Lipinski definition) is 4. The summed E-state index contributed by atoms with van der Waals surface area (Å²) in [4.78, 5) is 41.4. The Bertz CT molecular complexity index is 739. The van der Waals surface area contributed by atoms with Crippen LogP contribution in [0.3, 0.4) is 0 Å². The summed E-state index contributed by atoms with van der Waals surface area (Å²) in [5.74, 6) is -0.677. The second kappa shape index (κ2) is 7.04. The number of fused-ring (bicyclic) bond motifs is 1. The van der Waals surface area contributed by atoms with Crippen molar-refractivity contribution in [3.8, 4) is 0 Å². The van der Waals surface area contributed by atoms with Crippen LogP contribution in [0.25, 0.3) is 0 Å². The smallest absolute Gasteiger partial charge is 0.261 e. The van der Waals surface area contributed by atoms with Gasteiger partial charge < -0.3 is 5.32 Å². The van der Waals surface area contributed by atoms with Gasteiger partial charge in [-0.3, -0.25) is 24.3 Å². The van der Waals surface area contributed by atoms with Crippen molar-refractivity contribution < 1.29 is 14.4 Å². The minimum atomic E-state index is -0.284. The van der Waals surface area contributed by atoms with Gasteiger partial charge in [-0.15, -0.1) is 0 Å². The van der Waals surface area contributed by atoms with E-state index < -0.39 is 0 Å². The third-order valence-corrected chi connectivity index (χ3v) is 3.90. The van der Waals surface area contributed by atoms with Gasteiger partial charge in [0, 0.05) is 31.9 Å². The van der Waals surface area contributed by atoms with Gasteiger partial charge in [-0.1, -0.05) is 12.1 Å². The largest absolute Gasteiger partial charge is 0.352 e. The van der Waals surface area contributed by atoms with Crippen LogP contribution in [0.2, 0.25) is 0 Å². The average Bonchev–Trinajstić information content (AvgIpc) is 2.86. The summed E-state index contributed by atoms with van der Waals surface area (Å²) in [5, 5.41) is 2.81. The molecule has 0 aliphatic carbocycles. The van der Waals surface area contributed by atoms with Gasteiger partial charge in [0.2, 0.25) is 5.91 Å². The van der Waals surface area contributed by atoms with Gasteiger partial charge in [-0.25, -0.2) is 0 Å². The number of benzene rings is 1. The van der Waals surface area contributed by atoms with Crippen LogP contribution in [0.5, 0.6) is 0 Å². The van der Waals surface area contributed by atoms with Gasteiger partial charge in [0.15, 0.2) is 0 Å². The van der Waals surface area contributed by atoms with Crippen molar-refractivity contribution >= 4 is 17.7 Å². The van der Waals surface area contributed by atoms with Crippen LogP contribution in [0, 0.1) is 0 Å². The fraction of sp³-hybridized carbons (Fsp3) is 0.222. The molecule has 0 fully saturated rings. The van der Waals surface area contributed by atoms with Gasteiger partial charge >= 0.3 is 0 Å². The van der Waals surface area contributed by atoms with E-state index in [2.05, 4.69) is 10.3 Å². The minimum Gasteiger partial charge on any atom is -0.352 e. The second-order valence-electron chi connectivity index (χ2n) is 5.54. The van der Waals surface area contributed by atoms with Gasteiger partial charge in [0.1, 0.15) is 0 Å². The lowest BCUT2D eigenvalue weighted by atomic mass is 10.1. The van der Waals surface area contributed by atoms with Crippen molar-refractivity contribution in [2.75, 3.05) is 6.54 Å². The summed E-state index contributed by atoms with van der Waals surface area (Å²) in [6.45, 7) is 0.684. The molecule has 6 heteroatoms. The molecule has 0 unspecified atom stereocenters. The quantitative estimate of drug-likeness (QED) is 0.822. The molecule has 3 amide bonds. The molecular formula is C18H17N3O3. The number of aromatic nitrogens is 1. The van der Waals surface area contributed by atoms with E-state index in [1.807, 2.05) is 12.1 Å². The van der Waals surface area contributed by atoms with E-state index in [-0.39, 0.29) is 30.7 Å². The topological polar surface area (TPSA) is 79.4 Å². The molecule has 24 heavy (non-hydrogen) atoms. The molecule has 0 atom stereocenters. The van der Waals surface area contributed by atoms with Crippen LogP contribution in [0.1, 0.15) is 39.1 Å². The Morgan fingerprint density at radius 1 is 1.00 bits per heavy atom. The predicted molar refractivity (Wildman–Crippen MR) is 87.1 cm³/mol. The Balaban J connectivity index is 1.46. The number of imide groups is 1. The summed E-state index contributed by atoms with van der Waals surface area (Å²) in [6, 6.07) is 10.4. The first-order valence-electron chi connectivity index (χ1n) is 7.77. The maximum Gasteiger partial charge on any atom is 0.261 e. The molecule has 0 saturated heterocycles. The molecule has 122 valence electrons. The molecule has 1 aliphatic rings. The van der Waals surface area contributed by atoms with E-state index in [0.717, 1.165) is 5.56 Å². The van der Waals surface area contributed by atoms with Crippen LogP contribution in [-0.2, 0) is 11.3 Å². The second-order valence-corrected chi connectivity index (χ2v) is 5.54. The zero-order valence-electron chi connectivity index (χ0n) is 13.1. The first-order chi connectivity index (χ1) is 11.7. The highest BCUT2D eigenvalue weighted by molar-refractivity contribution is 6.21. The number of nitrogens with zero attached hydrogens (tertiary/aromatic N) is 2. The number of carbonyl (C=O) groups excluding carboxylic acids is 3. The van der Waals surface area contributed by atoms with Crippen molar-refractivity contribution in [2.45, 2.75) is 19.4 Å². The maximum absolute atomic E-state index is 12.2. The third-order valence-electron chi connectivity index (χ3n) is 3.90. The van der Waals surface area contributed by atoms with Crippen LogP contribution in [-0.4, -0.2) is 34.2 Å². The van der Waals surface area contributed by atoms with Crippen molar-refractivity contribution in [3.05, 3.63) is 65.5 Å². The minimum absolute atomic E-state index is 0.108. The molecule has 1 aromatic carbocycles. The van der Waals surface area contributed by atoms with Gasteiger partial charge in [-0.2, -0.15) is 0 Å². The molecule has 1 N–H and O–H groups in total. The van der Waals surface area contributed by atoms with Gasteiger partial charge in [0.05, 0.1) is 11.1 Å². The van der Waals surface area contributed by atoms with E-state index in [4.69, 9.17) is 0 Å². The predicted octanol–water partition coefficient (Wildman–Crippen LogP) is 1.77. The Morgan fingerprint density at radius 3 is 2.25 bits per heavy atom. The normalized spacial score (nSPS) is 13.1. The van der Waals surface area contributed by atoms with Crippen molar-refractivity contribution in [1.82, 2.24) is 15.2 Å². The van der Waals surface area contributed by atoms with Crippen LogP contribution in [0.15, 0.2) is 48.8 Å². The van der Waals surface area contributed by atoms with Crippen molar-refractivity contribution in [3.63, 3.8) is 0 Å². The van der Waals surface area contributed by atoms with E-state index in [1.165, 1.54) is 4.90 Å². The lowest BCUT2D eigenvalue weighted by Crippen LogP contribution is -2.32. The van der Waals surface area contributed by atoms with Crippen molar-refractivity contribution in [2.24, 2.45) is 0 Å². The molecule has 1 aromatic heterocycles. The summed E-state index contributed by atoms with van der Waals surface area (Å²) in [6.07, 6.45) is 4.04.